The van der Waals surface area contributed by atoms with E-state index in [1.807, 2.05) is 6.92 Å². The number of hydrogen-bond donors (Lipinski definition) is 2. The van der Waals surface area contributed by atoms with Crippen molar-refractivity contribution in [2.45, 2.75) is 17.6 Å². The lowest BCUT2D eigenvalue weighted by Crippen LogP contribution is -1.99. The largest absolute Gasteiger partial charge is 0.481 e. The molecular formula is C9H10O4S2. The molecule has 6 heteroatoms. The smallest absolute Gasteiger partial charge is 0.337 e. The van der Waals surface area contributed by atoms with Crippen LogP contribution in [-0.2, 0) is 11.2 Å². The zero-order valence-electron chi connectivity index (χ0n) is 8.02. The molecule has 0 spiro atoms. The molecule has 1 aromatic rings. The standard InChI is InChI=1S/C9H10O4S2/c1-2-5-3-6(8(12)13)9(15-5)14-4-7(10)11/h3H,2,4H2,1H3,(H,10,11)(H,12,13). The second-order valence-corrected chi connectivity index (χ2v) is 5.14. The van der Waals surface area contributed by atoms with Crippen molar-refractivity contribution in [3.8, 4) is 0 Å². The molecule has 1 aromatic heterocycles. The second kappa shape index (κ2) is 5.18. The van der Waals surface area contributed by atoms with Crippen LogP contribution in [0.2, 0.25) is 0 Å². The van der Waals surface area contributed by atoms with Crippen LogP contribution in [0.15, 0.2) is 10.3 Å². The summed E-state index contributed by atoms with van der Waals surface area (Å²) in [6.07, 6.45) is 0.762. The lowest BCUT2D eigenvalue weighted by atomic mass is 10.3. The Balaban J connectivity index is 2.88. The maximum Gasteiger partial charge on any atom is 0.337 e. The lowest BCUT2D eigenvalue weighted by Gasteiger charge is -1.95. The van der Waals surface area contributed by atoms with E-state index in [9.17, 15) is 9.59 Å². The van der Waals surface area contributed by atoms with Gasteiger partial charge in [0, 0.05) is 4.88 Å². The first-order valence-electron chi connectivity index (χ1n) is 4.25. The topological polar surface area (TPSA) is 74.6 Å². The van der Waals surface area contributed by atoms with E-state index in [0.29, 0.717) is 4.21 Å². The van der Waals surface area contributed by atoms with Crippen LogP contribution in [-0.4, -0.2) is 27.9 Å². The van der Waals surface area contributed by atoms with Gasteiger partial charge in [0.25, 0.3) is 0 Å². The van der Waals surface area contributed by atoms with E-state index in [1.165, 1.54) is 11.3 Å². The van der Waals surface area contributed by atoms with Crippen molar-refractivity contribution >= 4 is 35.0 Å². The molecule has 0 aliphatic carbocycles. The number of carboxylic acid groups (broad SMARTS) is 2. The molecule has 0 atom stereocenters. The highest BCUT2D eigenvalue weighted by Crippen LogP contribution is 2.32. The Bertz CT molecular complexity index is 383. The Morgan fingerprint density at radius 2 is 2.13 bits per heavy atom. The monoisotopic (exact) mass is 246 g/mol. The van der Waals surface area contributed by atoms with Crippen LogP contribution in [0.3, 0.4) is 0 Å². The van der Waals surface area contributed by atoms with Gasteiger partial charge in [0.15, 0.2) is 0 Å². The Morgan fingerprint density at radius 3 is 2.60 bits per heavy atom. The van der Waals surface area contributed by atoms with Gasteiger partial charge in [0.1, 0.15) is 0 Å². The van der Waals surface area contributed by atoms with E-state index < -0.39 is 11.9 Å². The van der Waals surface area contributed by atoms with Crippen molar-refractivity contribution in [3.63, 3.8) is 0 Å². The van der Waals surface area contributed by atoms with Crippen LogP contribution >= 0.6 is 23.1 Å². The molecule has 0 saturated heterocycles. The minimum absolute atomic E-state index is 0.107. The number of carboxylic acids is 2. The van der Waals surface area contributed by atoms with Gasteiger partial charge in [-0.1, -0.05) is 6.92 Å². The summed E-state index contributed by atoms with van der Waals surface area (Å²) < 4.78 is 0.571. The normalized spacial score (nSPS) is 10.2. The van der Waals surface area contributed by atoms with Crippen molar-refractivity contribution in [1.82, 2.24) is 0 Å². The molecule has 0 aliphatic rings. The predicted molar refractivity (Wildman–Crippen MR) is 59.0 cm³/mol. The molecule has 0 fully saturated rings. The van der Waals surface area contributed by atoms with E-state index in [0.717, 1.165) is 23.1 Å². The molecule has 0 bridgehead atoms. The van der Waals surface area contributed by atoms with E-state index in [1.54, 1.807) is 6.07 Å². The first-order chi connectivity index (χ1) is 7.04. The molecule has 82 valence electrons. The van der Waals surface area contributed by atoms with E-state index in [2.05, 4.69) is 0 Å². The first-order valence-corrected chi connectivity index (χ1v) is 6.05. The quantitative estimate of drug-likeness (QED) is 0.779. The summed E-state index contributed by atoms with van der Waals surface area (Å²) in [4.78, 5) is 22.2. The van der Waals surface area contributed by atoms with Crippen molar-refractivity contribution in [3.05, 3.63) is 16.5 Å². The Kier molecular flexibility index (Phi) is 4.16. The minimum atomic E-state index is -1.00. The van der Waals surface area contributed by atoms with Crippen LogP contribution in [0.25, 0.3) is 0 Å². The molecule has 0 amide bonds. The van der Waals surface area contributed by atoms with Gasteiger partial charge >= 0.3 is 11.9 Å². The molecule has 0 unspecified atom stereocenters. The van der Waals surface area contributed by atoms with Gasteiger partial charge in [-0.2, -0.15) is 0 Å². The SMILES string of the molecule is CCc1cc(C(=O)O)c(SCC(=O)O)s1. The third-order valence-corrected chi connectivity index (χ3v) is 4.21. The third kappa shape index (κ3) is 3.24. The number of aryl methyl sites for hydroxylation is 1. The molecule has 4 nitrogen and oxygen atoms in total. The van der Waals surface area contributed by atoms with E-state index >= 15 is 0 Å². The van der Waals surface area contributed by atoms with Gasteiger partial charge in [-0.25, -0.2) is 4.79 Å². The molecule has 0 radical (unpaired) electrons. The van der Waals surface area contributed by atoms with Crippen LogP contribution in [0.4, 0.5) is 0 Å². The maximum atomic E-state index is 10.8. The lowest BCUT2D eigenvalue weighted by molar-refractivity contribution is -0.133. The number of carbonyl (C=O) groups is 2. The molecule has 2 N–H and O–H groups in total. The number of aromatic carboxylic acids is 1. The summed E-state index contributed by atoms with van der Waals surface area (Å²) in [5, 5.41) is 17.4. The summed E-state index contributed by atoms with van der Waals surface area (Å²) in [5.74, 6) is -2.05. The van der Waals surface area contributed by atoms with Crippen LogP contribution < -0.4 is 0 Å². The molecule has 15 heavy (non-hydrogen) atoms. The summed E-state index contributed by atoms with van der Waals surface area (Å²) >= 11 is 2.41. The average molecular weight is 246 g/mol. The molecule has 1 heterocycles. The molecule has 0 aliphatic heterocycles. The number of thioether (sulfide) groups is 1. The number of hydrogen-bond acceptors (Lipinski definition) is 4. The Labute approximate surface area is 94.9 Å². The van der Waals surface area contributed by atoms with Crippen molar-refractivity contribution in [2.75, 3.05) is 5.75 Å². The number of aliphatic carboxylic acids is 1. The van der Waals surface area contributed by atoms with E-state index in [4.69, 9.17) is 10.2 Å². The highest BCUT2D eigenvalue weighted by atomic mass is 32.2. The fraction of sp³-hybridized carbons (Fsp3) is 0.333. The summed E-state index contributed by atoms with van der Waals surface area (Å²) in [5.41, 5.74) is 0.211. The van der Waals surface area contributed by atoms with Crippen LogP contribution in [0.1, 0.15) is 22.2 Å². The summed E-state index contributed by atoms with van der Waals surface area (Å²) in [7, 11) is 0. The predicted octanol–water partition coefficient (Wildman–Crippen LogP) is 2.19. The van der Waals surface area contributed by atoms with Gasteiger partial charge in [-0.15, -0.1) is 23.1 Å². The van der Waals surface area contributed by atoms with Gasteiger partial charge in [-0.05, 0) is 12.5 Å². The van der Waals surface area contributed by atoms with Crippen molar-refractivity contribution < 1.29 is 19.8 Å². The maximum absolute atomic E-state index is 10.8. The zero-order chi connectivity index (χ0) is 11.4. The van der Waals surface area contributed by atoms with Gasteiger partial charge in [-0.3, -0.25) is 4.79 Å². The first kappa shape index (κ1) is 12.1. The van der Waals surface area contributed by atoms with Crippen molar-refractivity contribution in [2.24, 2.45) is 0 Å². The summed E-state index contributed by atoms with van der Waals surface area (Å²) in [6.45, 7) is 1.93. The zero-order valence-corrected chi connectivity index (χ0v) is 9.65. The Hall–Kier alpha value is -1.01. The van der Waals surface area contributed by atoms with Gasteiger partial charge in [0.05, 0.1) is 15.5 Å². The molecule has 0 saturated carbocycles. The van der Waals surface area contributed by atoms with Crippen LogP contribution in [0.5, 0.6) is 0 Å². The third-order valence-electron chi connectivity index (χ3n) is 1.65. The molecular weight excluding hydrogens is 236 g/mol. The number of thiophene rings is 1. The average Bonchev–Trinajstić information content (AvgIpc) is 2.57. The highest BCUT2D eigenvalue weighted by molar-refractivity contribution is 8.01. The van der Waals surface area contributed by atoms with Crippen molar-refractivity contribution in [1.29, 1.82) is 0 Å². The van der Waals surface area contributed by atoms with Gasteiger partial charge in [0.2, 0.25) is 0 Å². The van der Waals surface area contributed by atoms with Crippen LogP contribution in [0, 0.1) is 0 Å². The highest BCUT2D eigenvalue weighted by Gasteiger charge is 2.15. The fourth-order valence-electron chi connectivity index (χ4n) is 0.981. The minimum Gasteiger partial charge on any atom is -0.481 e. The van der Waals surface area contributed by atoms with Gasteiger partial charge < -0.3 is 10.2 Å². The molecule has 1 rings (SSSR count). The second-order valence-electron chi connectivity index (χ2n) is 2.75. The fourth-order valence-corrected chi connectivity index (χ4v) is 3.09. The number of rotatable bonds is 5. The molecule has 0 aromatic carbocycles. The van der Waals surface area contributed by atoms with E-state index in [-0.39, 0.29) is 11.3 Å². The summed E-state index contributed by atoms with van der Waals surface area (Å²) in [6, 6.07) is 1.61. The Morgan fingerprint density at radius 1 is 1.47 bits per heavy atom.